The van der Waals surface area contributed by atoms with Crippen LogP contribution in [0.1, 0.15) is 18.5 Å². The average molecular weight is 341 g/mol. The van der Waals surface area contributed by atoms with Gasteiger partial charge >= 0.3 is 12.0 Å². The summed E-state index contributed by atoms with van der Waals surface area (Å²) in [5, 5.41) is 5.95. The van der Waals surface area contributed by atoms with Crippen LogP contribution in [0, 0.1) is 0 Å². The van der Waals surface area contributed by atoms with Gasteiger partial charge < -0.3 is 15.4 Å². The number of nitrogens with one attached hydrogen (secondary N) is 2. The van der Waals surface area contributed by atoms with E-state index in [1.807, 2.05) is 6.26 Å². The summed E-state index contributed by atoms with van der Waals surface area (Å²) < 4.78 is 5.27. The lowest BCUT2D eigenvalue weighted by Crippen LogP contribution is -2.45. The predicted molar refractivity (Wildman–Crippen MR) is 87.9 cm³/mol. The Kier molecular flexibility index (Phi) is 5.74. The summed E-state index contributed by atoms with van der Waals surface area (Å²) in [7, 11) is 0. The highest BCUT2D eigenvalue weighted by atomic mass is 35.5. The molecule has 1 aromatic carbocycles. The van der Waals surface area contributed by atoms with Gasteiger partial charge in [-0.25, -0.2) is 9.59 Å². The molecule has 2 amide bonds. The number of halogens is 1. The predicted octanol–water partition coefficient (Wildman–Crippen LogP) is 2.87. The van der Waals surface area contributed by atoms with Crippen molar-refractivity contribution < 1.29 is 14.3 Å². The monoisotopic (exact) mass is 340 g/mol. The maximum Gasteiger partial charge on any atom is 0.338 e. The van der Waals surface area contributed by atoms with E-state index in [1.165, 1.54) is 0 Å². The lowest BCUT2D eigenvalue weighted by molar-refractivity contribution is -0.138. The van der Waals surface area contributed by atoms with E-state index in [0.717, 1.165) is 11.3 Å². The number of rotatable bonds is 5. The Morgan fingerprint density at radius 1 is 1.36 bits per heavy atom. The standard InChI is InChI=1S/C15H17ClN2O3S/c1-9-12(14(19)21-7-8-22-2)13(18-15(20)17-9)10-3-5-11(16)6-4-10/h3-6,13H,7-8H2,1-2H3,(H2,17,18,20)/t13-/m0/s1. The third kappa shape index (κ3) is 3.96. The molecule has 0 aromatic heterocycles. The highest BCUT2D eigenvalue weighted by Crippen LogP contribution is 2.28. The molecular weight excluding hydrogens is 324 g/mol. The van der Waals surface area contributed by atoms with Gasteiger partial charge in [0.15, 0.2) is 0 Å². The van der Waals surface area contributed by atoms with Crippen LogP contribution in [0.2, 0.25) is 5.02 Å². The zero-order valence-electron chi connectivity index (χ0n) is 12.3. The zero-order chi connectivity index (χ0) is 16.1. The lowest BCUT2D eigenvalue weighted by Gasteiger charge is -2.28. The Hall–Kier alpha value is -1.66. The summed E-state index contributed by atoms with van der Waals surface area (Å²) in [5.41, 5.74) is 1.68. The number of benzene rings is 1. The molecule has 7 heteroatoms. The van der Waals surface area contributed by atoms with Crippen molar-refractivity contribution in [3.63, 3.8) is 0 Å². The van der Waals surface area contributed by atoms with Crippen LogP contribution >= 0.6 is 23.4 Å². The second-order valence-electron chi connectivity index (χ2n) is 4.75. The van der Waals surface area contributed by atoms with Gasteiger partial charge in [-0.1, -0.05) is 23.7 Å². The summed E-state index contributed by atoms with van der Waals surface area (Å²) >= 11 is 7.48. The van der Waals surface area contributed by atoms with Crippen molar-refractivity contribution in [1.29, 1.82) is 0 Å². The molecule has 0 saturated carbocycles. The molecule has 1 aliphatic rings. The number of carbonyl (C=O) groups excluding carboxylic acids is 2. The van der Waals surface area contributed by atoms with E-state index < -0.39 is 12.0 Å². The van der Waals surface area contributed by atoms with E-state index in [2.05, 4.69) is 10.6 Å². The number of carbonyl (C=O) groups is 2. The molecule has 118 valence electrons. The van der Waals surface area contributed by atoms with E-state index in [4.69, 9.17) is 16.3 Å². The third-order valence-corrected chi connectivity index (χ3v) is 4.04. The number of thioether (sulfide) groups is 1. The first-order chi connectivity index (χ1) is 10.5. The summed E-state index contributed by atoms with van der Waals surface area (Å²) in [6.45, 7) is 2.02. The zero-order valence-corrected chi connectivity index (χ0v) is 13.9. The molecule has 0 bridgehead atoms. The first-order valence-electron chi connectivity index (χ1n) is 6.72. The Balaban J connectivity index is 2.28. The molecule has 0 spiro atoms. The molecule has 1 heterocycles. The van der Waals surface area contributed by atoms with Gasteiger partial charge in [-0.05, 0) is 30.9 Å². The van der Waals surface area contributed by atoms with Gasteiger partial charge in [-0.15, -0.1) is 0 Å². The van der Waals surface area contributed by atoms with Crippen molar-refractivity contribution in [2.24, 2.45) is 0 Å². The SMILES string of the molecule is CSCCOC(=O)C1=C(C)NC(=O)N[C@H]1c1ccc(Cl)cc1. The topological polar surface area (TPSA) is 67.4 Å². The van der Waals surface area contributed by atoms with Crippen LogP contribution < -0.4 is 10.6 Å². The van der Waals surface area contributed by atoms with Crippen molar-refractivity contribution >= 4 is 35.4 Å². The van der Waals surface area contributed by atoms with Gasteiger partial charge in [0, 0.05) is 16.5 Å². The molecule has 0 fully saturated rings. The summed E-state index contributed by atoms with van der Waals surface area (Å²) in [4.78, 5) is 24.0. The van der Waals surface area contributed by atoms with E-state index in [-0.39, 0.29) is 6.03 Å². The minimum Gasteiger partial charge on any atom is -0.461 e. The number of hydrogen-bond acceptors (Lipinski definition) is 4. The number of esters is 1. The molecule has 2 N–H and O–H groups in total. The van der Waals surface area contributed by atoms with Crippen LogP contribution in [0.3, 0.4) is 0 Å². The van der Waals surface area contributed by atoms with Gasteiger partial charge in [0.1, 0.15) is 6.61 Å². The molecule has 1 atom stereocenters. The molecule has 5 nitrogen and oxygen atoms in total. The second-order valence-corrected chi connectivity index (χ2v) is 6.17. The van der Waals surface area contributed by atoms with Crippen molar-refractivity contribution in [3.8, 4) is 0 Å². The maximum absolute atomic E-state index is 12.3. The molecule has 1 aromatic rings. The lowest BCUT2D eigenvalue weighted by atomic mass is 9.96. The maximum atomic E-state index is 12.3. The van der Waals surface area contributed by atoms with Crippen LogP contribution in [0.25, 0.3) is 0 Å². The molecule has 0 aliphatic carbocycles. The van der Waals surface area contributed by atoms with Crippen molar-refractivity contribution in [1.82, 2.24) is 10.6 Å². The fourth-order valence-electron chi connectivity index (χ4n) is 2.17. The van der Waals surface area contributed by atoms with Gasteiger partial charge in [0.05, 0.1) is 11.6 Å². The number of ether oxygens (including phenoxy) is 1. The molecule has 22 heavy (non-hydrogen) atoms. The van der Waals surface area contributed by atoms with Gasteiger partial charge in [0.2, 0.25) is 0 Å². The average Bonchev–Trinajstić information content (AvgIpc) is 2.47. The quantitative estimate of drug-likeness (QED) is 0.639. The normalized spacial score (nSPS) is 17.8. The van der Waals surface area contributed by atoms with Crippen molar-refractivity contribution in [2.75, 3.05) is 18.6 Å². The minimum atomic E-state index is -0.548. The van der Waals surface area contributed by atoms with Gasteiger partial charge in [-0.3, -0.25) is 0 Å². The van der Waals surface area contributed by atoms with Crippen LogP contribution in [-0.2, 0) is 9.53 Å². The van der Waals surface area contributed by atoms with Crippen LogP contribution in [-0.4, -0.2) is 30.6 Å². The fraction of sp³-hybridized carbons (Fsp3) is 0.333. The highest BCUT2D eigenvalue weighted by molar-refractivity contribution is 7.98. The summed E-state index contributed by atoms with van der Waals surface area (Å²) in [5.74, 6) is 0.294. The molecule has 0 saturated heterocycles. The van der Waals surface area contributed by atoms with E-state index in [0.29, 0.717) is 22.9 Å². The fourth-order valence-corrected chi connectivity index (χ4v) is 2.54. The van der Waals surface area contributed by atoms with Crippen LogP contribution in [0.4, 0.5) is 4.79 Å². The van der Waals surface area contributed by atoms with Gasteiger partial charge in [0.25, 0.3) is 0 Å². The summed E-state index contributed by atoms with van der Waals surface area (Å²) in [6, 6.07) is 6.10. The van der Waals surface area contributed by atoms with Crippen molar-refractivity contribution in [2.45, 2.75) is 13.0 Å². The second kappa shape index (κ2) is 7.56. The third-order valence-electron chi connectivity index (χ3n) is 3.21. The Morgan fingerprint density at radius 3 is 2.68 bits per heavy atom. The van der Waals surface area contributed by atoms with E-state index in [9.17, 15) is 9.59 Å². The Bertz CT molecular complexity index is 601. The number of hydrogen-bond donors (Lipinski definition) is 2. The van der Waals surface area contributed by atoms with Crippen LogP contribution in [0.5, 0.6) is 0 Å². The Labute approximate surface area is 138 Å². The number of amides is 2. The van der Waals surface area contributed by atoms with E-state index in [1.54, 1.807) is 43.0 Å². The number of urea groups is 1. The number of allylic oxidation sites excluding steroid dienone is 1. The molecule has 0 radical (unpaired) electrons. The minimum absolute atomic E-state index is 0.331. The Morgan fingerprint density at radius 2 is 2.05 bits per heavy atom. The molecular formula is C15H17ClN2O3S. The van der Waals surface area contributed by atoms with Crippen molar-refractivity contribution in [3.05, 3.63) is 46.1 Å². The first-order valence-corrected chi connectivity index (χ1v) is 8.50. The smallest absolute Gasteiger partial charge is 0.338 e. The molecule has 1 aliphatic heterocycles. The summed E-state index contributed by atoms with van der Waals surface area (Å²) in [6.07, 6.45) is 1.94. The van der Waals surface area contributed by atoms with E-state index >= 15 is 0 Å². The highest BCUT2D eigenvalue weighted by Gasteiger charge is 2.32. The van der Waals surface area contributed by atoms with Crippen LogP contribution in [0.15, 0.2) is 35.5 Å². The molecule has 0 unspecified atom stereocenters. The van der Waals surface area contributed by atoms with Gasteiger partial charge in [-0.2, -0.15) is 11.8 Å². The first kappa shape index (κ1) is 16.7. The largest absolute Gasteiger partial charge is 0.461 e. The molecule has 2 rings (SSSR count).